The van der Waals surface area contributed by atoms with Gasteiger partial charge in [-0.15, -0.1) is 0 Å². The minimum Gasteiger partial charge on any atom is -0.496 e. The van der Waals surface area contributed by atoms with Gasteiger partial charge in [0.25, 0.3) is 5.91 Å². The molecule has 0 fully saturated rings. The van der Waals surface area contributed by atoms with E-state index in [4.69, 9.17) is 19.3 Å². The van der Waals surface area contributed by atoms with Crippen LogP contribution >= 0.6 is 0 Å². The lowest BCUT2D eigenvalue weighted by Gasteiger charge is -2.16. The number of aliphatic carboxylic acids is 1. The second-order valence-corrected chi connectivity index (χ2v) is 4.65. The van der Waals surface area contributed by atoms with Gasteiger partial charge in [-0.3, -0.25) is 4.79 Å². The topological polar surface area (TPSA) is 94.1 Å². The average Bonchev–Trinajstić information content (AvgIpc) is 2.50. The lowest BCUT2D eigenvalue weighted by molar-refractivity contribution is -0.139. The van der Waals surface area contributed by atoms with Crippen molar-refractivity contribution in [3.05, 3.63) is 23.3 Å². The zero-order valence-electron chi connectivity index (χ0n) is 13.1. The van der Waals surface area contributed by atoms with Gasteiger partial charge in [0.2, 0.25) is 0 Å². The molecule has 122 valence electrons. The molecule has 0 saturated heterocycles. The predicted molar refractivity (Wildman–Crippen MR) is 79.7 cm³/mol. The van der Waals surface area contributed by atoms with Gasteiger partial charge in [0.15, 0.2) is 0 Å². The Morgan fingerprint density at radius 1 is 1.18 bits per heavy atom. The van der Waals surface area contributed by atoms with Crippen molar-refractivity contribution in [2.45, 2.75) is 19.4 Å². The zero-order valence-corrected chi connectivity index (χ0v) is 13.1. The quantitative estimate of drug-likeness (QED) is 0.750. The highest BCUT2D eigenvalue weighted by Gasteiger charge is 2.21. The Hall–Kier alpha value is -2.28. The molecule has 1 rings (SSSR count). The number of nitrogens with one attached hydrogen (secondary N) is 1. The third kappa shape index (κ3) is 4.36. The molecule has 0 bridgehead atoms. The number of amides is 1. The van der Waals surface area contributed by atoms with Gasteiger partial charge in [-0.05, 0) is 19.1 Å². The van der Waals surface area contributed by atoms with E-state index in [1.54, 1.807) is 19.1 Å². The fourth-order valence-electron chi connectivity index (χ4n) is 1.95. The highest BCUT2D eigenvalue weighted by atomic mass is 16.5. The SMILES string of the molecule is COCCC(NC(=O)c1cc(OC)c(C)c(OC)c1)C(=O)O. The summed E-state index contributed by atoms with van der Waals surface area (Å²) < 4.78 is 15.2. The van der Waals surface area contributed by atoms with Crippen LogP contribution in [0, 0.1) is 6.92 Å². The first kappa shape index (κ1) is 17.8. The monoisotopic (exact) mass is 311 g/mol. The van der Waals surface area contributed by atoms with Gasteiger partial charge in [-0.2, -0.15) is 0 Å². The van der Waals surface area contributed by atoms with Crippen molar-refractivity contribution in [3.8, 4) is 11.5 Å². The fourth-order valence-corrected chi connectivity index (χ4v) is 1.95. The third-order valence-corrected chi connectivity index (χ3v) is 3.23. The lowest BCUT2D eigenvalue weighted by Crippen LogP contribution is -2.41. The highest BCUT2D eigenvalue weighted by Crippen LogP contribution is 2.29. The molecule has 1 aromatic carbocycles. The van der Waals surface area contributed by atoms with Gasteiger partial charge in [-0.25, -0.2) is 4.79 Å². The van der Waals surface area contributed by atoms with Crippen LogP contribution in [0.25, 0.3) is 0 Å². The average molecular weight is 311 g/mol. The van der Waals surface area contributed by atoms with Crippen molar-refractivity contribution in [2.75, 3.05) is 27.9 Å². The Kier molecular flexibility index (Phi) is 6.65. The minimum absolute atomic E-state index is 0.178. The largest absolute Gasteiger partial charge is 0.496 e. The highest BCUT2D eigenvalue weighted by molar-refractivity contribution is 5.97. The lowest BCUT2D eigenvalue weighted by atomic mass is 10.1. The number of benzene rings is 1. The number of hydrogen-bond donors (Lipinski definition) is 2. The van der Waals surface area contributed by atoms with Gasteiger partial charge in [-0.1, -0.05) is 0 Å². The summed E-state index contributed by atoms with van der Waals surface area (Å²) in [7, 11) is 4.45. The Bertz CT molecular complexity index is 518. The van der Waals surface area contributed by atoms with E-state index < -0.39 is 17.9 Å². The molecule has 1 atom stereocenters. The molecule has 0 spiro atoms. The maximum Gasteiger partial charge on any atom is 0.326 e. The van der Waals surface area contributed by atoms with Crippen LogP contribution in [0.5, 0.6) is 11.5 Å². The number of carboxylic acids is 1. The Balaban J connectivity index is 2.99. The molecule has 0 radical (unpaired) electrons. The van der Waals surface area contributed by atoms with Crippen molar-refractivity contribution < 1.29 is 28.9 Å². The summed E-state index contributed by atoms with van der Waals surface area (Å²) in [4.78, 5) is 23.4. The van der Waals surface area contributed by atoms with E-state index >= 15 is 0 Å². The van der Waals surface area contributed by atoms with E-state index in [2.05, 4.69) is 5.32 Å². The number of methoxy groups -OCH3 is 3. The number of carboxylic acid groups (broad SMARTS) is 1. The molecule has 1 unspecified atom stereocenters. The molecule has 0 aliphatic carbocycles. The molecule has 0 aromatic heterocycles. The molecule has 1 amide bonds. The first-order valence-corrected chi connectivity index (χ1v) is 6.69. The molecule has 0 saturated carbocycles. The van der Waals surface area contributed by atoms with Crippen LogP contribution in [0.1, 0.15) is 22.3 Å². The first-order chi connectivity index (χ1) is 10.4. The van der Waals surface area contributed by atoms with Gasteiger partial charge >= 0.3 is 5.97 Å². The normalized spacial score (nSPS) is 11.6. The molecule has 0 aliphatic heterocycles. The summed E-state index contributed by atoms with van der Waals surface area (Å²) in [5, 5.41) is 11.6. The molecule has 0 heterocycles. The van der Waals surface area contributed by atoms with Crippen LogP contribution in [-0.2, 0) is 9.53 Å². The fraction of sp³-hybridized carbons (Fsp3) is 0.467. The van der Waals surface area contributed by atoms with Gasteiger partial charge in [0, 0.05) is 31.3 Å². The van der Waals surface area contributed by atoms with E-state index in [0.29, 0.717) is 11.5 Å². The number of carbonyl (C=O) groups excluding carboxylic acids is 1. The van der Waals surface area contributed by atoms with Crippen LogP contribution in [0.2, 0.25) is 0 Å². The first-order valence-electron chi connectivity index (χ1n) is 6.69. The number of ether oxygens (including phenoxy) is 3. The van der Waals surface area contributed by atoms with E-state index in [-0.39, 0.29) is 18.6 Å². The molecule has 7 nitrogen and oxygen atoms in total. The number of carbonyl (C=O) groups is 2. The third-order valence-electron chi connectivity index (χ3n) is 3.23. The van der Waals surface area contributed by atoms with Gasteiger partial charge in [0.1, 0.15) is 17.5 Å². The van der Waals surface area contributed by atoms with E-state index in [1.165, 1.54) is 21.3 Å². The van der Waals surface area contributed by atoms with Crippen LogP contribution in [0.4, 0.5) is 0 Å². The molecular formula is C15H21NO6. The molecule has 0 aliphatic rings. The summed E-state index contributed by atoms with van der Waals surface area (Å²) in [5.74, 6) is -0.641. The maximum absolute atomic E-state index is 12.2. The molecular weight excluding hydrogens is 290 g/mol. The Morgan fingerprint density at radius 2 is 1.73 bits per heavy atom. The Labute approximate surface area is 129 Å². The van der Waals surface area contributed by atoms with Gasteiger partial charge < -0.3 is 24.6 Å². The summed E-state index contributed by atoms with van der Waals surface area (Å²) in [5.41, 5.74) is 1.03. The van der Waals surface area contributed by atoms with Crippen LogP contribution in [0.15, 0.2) is 12.1 Å². The van der Waals surface area contributed by atoms with Crippen molar-refractivity contribution in [3.63, 3.8) is 0 Å². The van der Waals surface area contributed by atoms with Crippen LogP contribution in [0.3, 0.4) is 0 Å². The standard InChI is InChI=1S/C15H21NO6/c1-9-12(21-3)7-10(8-13(9)22-4)14(17)16-11(15(18)19)5-6-20-2/h7-8,11H,5-6H2,1-4H3,(H,16,17)(H,18,19). The van der Waals surface area contributed by atoms with E-state index in [0.717, 1.165) is 5.56 Å². The van der Waals surface area contributed by atoms with E-state index in [1.807, 2.05) is 0 Å². The van der Waals surface area contributed by atoms with Crippen molar-refractivity contribution in [1.82, 2.24) is 5.32 Å². The molecule has 22 heavy (non-hydrogen) atoms. The van der Waals surface area contributed by atoms with Crippen molar-refractivity contribution in [2.24, 2.45) is 0 Å². The molecule has 7 heteroatoms. The van der Waals surface area contributed by atoms with Crippen LogP contribution in [-0.4, -0.2) is 51.0 Å². The summed E-state index contributed by atoms with van der Waals surface area (Å²) in [6, 6.07) is 2.07. The van der Waals surface area contributed by atoms with Crippen molar-refractivity contribution >= 4 is 11.9 Å². The van der Waals surface area contributed by atoms with Gasteiger partial charge in [0.05, 0.1) is 14.2 Å². The van der Waals surface area contributed by atoms with Crippen LogP contribution < -0.4 is 14.8 Å². The summed E-state index contributed by atoms with van der Waals surface area (Å²) >= 11 is 0. The Morgan fingerprint density at radius 3 is 2.14 bits per heavy atom. The molecule has 2 N–H and O–H groups in total. The zero-order chi connectivity index (χ0) is 16.7. The number of rotatable bonds is 8. The number of hydrogen-bond acceptors (Lipinski definition) is 5. The summed E-state index contributed by atoms with van der Waals surface area (Å²) in [6.07, 6.45) is 0.178. The maximum atomic E-state index is 12.2. The summed E-state index contributed by atoms with van der Waals surface area (Å²) in [6.45, 7) is 2.04. The smallest absolute Gasteiger partial charge is 0.326 e. The predicted octanol–water partition coefficient (Wildman–Crippen LogP) is 1.23. The minimum atomic E-state index is -1.11. The molecule has 1 aromatic rings. The van der Waals surface area contributed by atoms with E-state index in [9.17, 15) is 9.59 Å². The van der Waals surface area contributed by atoms with Crippen molar-refractivity contribution in [1.29, 1.82) is 0 Å². The second kappa shape index (κ2) is 8.23. The second-order valence-electron chi connectivity index (χ2n) is 4.65.